The lowest BCUT2D eigenvalue weighted by Crippen LogP contribution is -2.37. The van der Waals surface area contributed by atoms with Gasteiger partial charge in [-0.2, -0.15) is 0 Å². The Morgan fingerprint density at radius 2 is 2.10 bits per heavy atom. The summed E-state index contributed by atoms with van der Waals surface area (Å²) in [6.45, 7) is 2.86. The van der Waals surface area contributed by atoms with Gasteiger partial charge >= 0.3 is 0 Å². The number of para-hydroxylation sites is 1. The minimum atomic E-state index is -0.337. The van der Waals surface area contributed by atoms with Gasteiger partial charge in [0.25, 0.3) is 5.91 Å². The molecule has 150 valence electrons. The second kappa shape index (κ2) is 7.58. The minimum absolute atomic E-state index is 0.0161. The number of carbonyl (C=O) groups is 2. The van der Waals surface area contributed by atoms with Crippen molar-refractivity contribution in [2.45, 2.75) is 19.4 Å². The molecule has 2 aliphatic rings. The fourth-order valence-electron chi connectivity index (χ4n) is 3.82. The highest BCUT2D eigenvalue weighted by Gasteiger charge is 2.28. The SMILES string of the molecule is CC(=O)N(C)C1CCN(c2ccc(N/C=C3\C(=O)Nc4ccccc43)cc2F)C1. The third-order valence-electron chi connectivity index (χ3n) is 5.59. The van der Waals surface area contributed by atoms with Crippen molar-refractivity contribution in [3.05, 3.63) is 60.0 Å². The lowest BCUT2D eigenvalue weighted by molar-refractivity contribution is -0.129. The van der Waals surface area contributed by atoms with Gasteiger partial charge < -0.3 is 20.4 Å². The number of hydrogen-bond acceptors (Lipinski definition) is 4. The van der Waals surface area contributed by atoms with Gasteiger partial charge in [0.05, 0.1) is 17.3 Å². The van der Waals surface area contributed by atoms with Crippen LogP contribution in [0.25, 0.3) is 5.57 Å². The average Bonchev–Trinajstić information content (AvgIpc) is 3.30. The van der Waals surface area contributed by atoms with Gasteiger partial charge in [0.2, 0.25) is 5.91 Å². The van der Waals surface area contributed by atoms with Crippen molar-refractivity contribution in [3.63, 3.8) is 0 Å². The summed E-state index contributed by atoms with van der Waals surface area (Å²) in [5, 5.41) is 5.83. The fourth-order valence-corrected chi connectivity index (χ4v) is 3.82. The van der Waals surface area contributed by atoms with E-state index in [1.165, 1.54) is 6.07 Å². The van der Waals surface area contributed by atoms with E-state index >= 15 is 0 Å². The van der Waals surface area contributed by atoms with E-state index in [1.54, 1.807) is 37.2 Å². The molecule has 2 heterocycles. The summed E-state index contributed by atoms with van der Waals surface area (Å²) >= 11 is 0. The monoisotopic (exact) mass is 394 g/mol. The standard InChI is InChI=1S/C22H23FN4O2/c1-14(28)26(2)16-9-10-27(13-16)21-8-7-15(11-19(21)23)24-12-18-17-5-3-4-6-20(17)25-22(18)29/h3-8,11-12,16,24H,9-10,13H2,1-2H3,(H,25,29)/b18-12-. The van der Waals surface area contributed by atoms with Crippen LogP contribution in [0.4, 0.5) is 21.5 Å². The zero-order chi connectivity index (χ0) is 20.5. The van der Waals surface area contributed by atoms with Crippen LogP contribution in [0.5, 0.6) is 0 Å². The van der Waals surface area contributed by atoms with Crippen LogP contribution in [-0.4, -0.2) is 42.9 Å². The van der Waals surface area contributed by atoms with E-state index in [0.29, 0.717) is 30.0 Å². The van der Waals surface area contributed by atoms with Gasteiger partial charge in [-0.1, -0.05) is 18.2 Å². The fraction of sp³-hybridized carbons (Fsp3) is 0.273. The van der Waals surface area contributed by atoms with Crippen molar-refractivity contribution < 1.29 is 14.0 Å². The maximum atomic E-state index is 14.7. The average molecular weight is 394 g/mol. The van der Waals surface area contributed by atoms with Crippen molar-refractivity contribution in [3.8, 4) is 0 Å². The Bertz CT molecular complexity index is 1000. The summed E-state index contributed by atoms with van der Waals surface area (Å²) in [5.41, 5.74) is 3.19. The van der Waals surface area contributed by atoms with Crippen LogP contribution in [0, 0.1) is 5.82 Å². The smallest absolute Gasteiger partial charge is 0.257 e. The number of hydrogen-bond donors (Lipinski definition) is 2. The normalized spacial score (nSPS) is 19.3. The first-order valence-corrected chi connectivity index (χ1v) is 9.59. The Balaban J connectivity index is 1.47. The van der Waals surface area contributed by atoms with E-state index in [2.05, 4.69) is 10.6 Å². The van der Waals surface area contributed by atoms with Gasteiger partial charge in [0.15, 0.2) is 0 Å². The van der Waals surface area contributed by atoms with Crippen molar-refractivity contribution >= 4 is 34.4 Å². The van der Waals surface area contributed by atoms with Gasteiger partial charge in [0, 0.05) is 50.2 Å². The Morgan fingerprint density at radius 3 is 2.86 bits per heavy atom. The molecule has 0 radical (unpaired) electrons. The molecule has 2 aromatic rings. The van der Waals surface area contributed by atoms with Crippen LogP contribution in [0.1, 0.15) is 18.9 Å². The minimum Gasteiger partial charge on any atom is -0.367 e. The highest BCUT2D eigenvalue weighted by atomic mass is 19.1. The van der Waals surface area contributed by atoms with E-state index in [-0.39, 0.29) is 23.7 Å². The van der Waals surface area contributed by atoms with Gasteiger partial charge in [-0.25, -0.2) is 4.39 Å². The number of fused-ring (bicyclic) bond motifs is 1. The zero-order valence-corrected chi connectivity index (χ0v) is 16.4. The highest BCUT2D eigenvalue weighted by Crippen LogP contribution is 2.32. The number of nitrogens with zero attached hydrogens (tertiary/aromatic N) is 2. The molecule has 0 bridgehead atoms. The summed E-state index contributed by atoms with van der Waals surface area (Å²) in [5.74, 6) is -0.508. The lowest BCUT2D eigenvalue weighted by atomic mass is 10.1. The molecule has 2 amide bonds. The quantitative estimate of drug-likeness (QED) is 0.781. The molecule has 1 saturated heterocycles. The third-order valence-corrected chi connectivity index (χ3v) is 5.59. The van der Waals surface area contributed by atoms with Gasteiger partial charge in [-0.15, -0.1) is 0 Å². The van der Waals surface area contributed by atoms with Crippen molar-refractivity contribution in [1.29, 1.82) is 0 Å². The number of anilines is 3. The molecular weight excluding hydrogens is 371 g/mol. The molecule has 0 aromatic heterocycles. The lowest BCUT2D eigenvalue weighted by Gasteiger charge is -2.24. The molecule has 2 aliphatic heterocycles. The van der Waals surface area contributed by atoms with Crippen LogP contribution in [0.2, 0.25) is 0 Å². The Kier molecular flexibility index (Phi) is 4.96. The van der Waals surface area contributed by atoms with E-state index in [4.69, 9.17) is 0 Å². The Hall–Kier alpha value is -3.35. The Morgan fingerprint density at radius 1 is 1.31 bits per heavy atom. The molecule has 1 unspecified atom stereocenters. The topological polar surface area (TPSA) is 64.7 Å². The molecule has 7 heteroatoms. The molecule has 0 spiro atoms. The molecule has 0 saturated carbocycles. The van der Waals surface area contributed by atoms with E-state index in [0.717, 1.165) is 17.7 Å². The molecule has 1 fully saturated rings. The number of halogens is 1. The van der Waals surface area contributed by atoms with E-state index < -0.39 is 0 Å². The predicted molar refractivity (Wildman–Crippen MR) is 112 cm³/mol. The first-order valence-electron chi connectivity index (χ1n) is 9.59. The van der Waals surface area contributed by atoms with E-state index in [1.807, 2.05) is 29.2 Å². The van der Waals surface area contributed by atoms with Gasteiger partial charge in [0.1, 0.15) is 5.82 Å². The van der Waals surface area contributed by atoms with Gasteiger partial charge in [-0.3, -0.25) is 9.59 Å². The maximum Gasteiger partial charge on any atom is 0.257 e. The molecule has 0 aliphatic carbocycles. The number of nitrogens with one attached hydrogen (secondary N) is 2. The number of rotatable bonds is 4. The molecule has 1 atom stereocenters. The summed E-state index contributed by atoms with van der Waals surface area (Å²) in [6.07, 6.45) is 2.42. The molecule has 2 aromatic carbocycles. The van der Waals surface area contributed by atoms with Crippen molar-refractivity contribution in [2.75, 3.05) is 35.7 Å². The molecule has 29 heavy (non-hydrogen) atoms. The Labute approximate surface area is 169 Å². The second-order valence-electron chi connectivity index (χ2n) is 7.39. The van der Waals surface area contributed by atoms with Crippen LogP contribution in [-0.2, 0) is 9.59 Å². The molecule has 4 rings (SSSR count). The first kappa shape index (κ1) is 19.0. The second-order valence-corrected chi connectivity index (χ2v) is 7.39. The third kappa shape index (κ3) is 3.68. The number of likely N-dealkylation sites (N-methyl/N-ethyl adjacent to an activating group) is 1. The maximum absolute atomic E-state index is 14.7. The number of amides is 2. The summed E-state index contributed by atoms with van der Waals surface area (Å²) in [4.78, 5) is 27.4. The van der Waals surface area contributed by atoms with Crippen LogP contribution >= 0.6 is 0 Å². The summed E-state index contributed by atoms with van der Waals surface area (Å²) in [6, 6.07) is 12.5. The van der Waals surface area contributed by atoms with Crippen molar-refractivity contribution in [1.82, 2.24) is 4.90 Å². The van der Waals surface area contributed by atoms with E-state index in [9.17, 15) is 14.0 Å². The van der Waals surface area contributed by atoms with Crippen LogP contribution in [0.3, 0.4) is 0 Å². The summed E-state index contributed by atoms with van der Waals surface area (Å²) in [7, 11) is 1.78. The van der Waals surface area contributed by atoms with Crippen molar-refractivity contribution in [2.24, 2.45) is 0 Å². The van der Waals surface area contributed by atoms with Crippen LogP contribution < -0.4 is 15.5 Å². The first-order chi connectivity index (χ1) is 13.9. The molecular formula is C22H23FN4O2. The molecule has 2 N–H and O–H groups in total. The number of benzene rings is 2. The van der Waals surface area contributed by atoms with Crippen LogP contribution in [0.15, 0.2) is 48.7 Å². The molecule has 6 nitrogen and oxygen atoms in total. The largest absolute Gasteiger partial charge is 0.367 e. The van der Waals surface area contributed by atoms with Gasteiger partial charge in [-0.05, 0) is 30.7 Å². The highest BCUT2D eigenvalue weighted by molar-refractivity contribution is 6.31. The number of carbonyl (C=O) groups excluding carboxylic acids is 2. The predicted octanol–water partition coefficient (Wildman–Crippen LogP) is 3.29. The summed E-state index contributed by atoms with van der Waals surface area (Å²) < 4.78 is 14.7. The zero-order valence-electron chi connectivity index (χ0n) is 16.4.